The summed E-state index contributed by atoms with van der Waals surface area (Å²) in [4.78, 5) is 11.2. The molecular weight excluding hydrogens is 333 g/mol. The van der Waals surface area contributed by atoms with Gasteiger partial charge in [0, 0.05) is 6.20 Å². The number of hydrogen-bond acceptors (Lipinski definition) is 7. The molecule has 0 unspecified atom stereocenters. The van der Waals surface area contributed by atoms with Crippen molar-refractivity contribution >= 4 is 17.2 Å². The van der Waals surface area contributed by atoms with E-state index in [0.29, 0.717) is 0 Å². The van der Waals surface area contributed by atoms with Crippen molar-refractivity contribution in [2.45, 2.75) is 6.36 Å². The van der Waals surface area contributed by atoms with Crippen molar-refractivity contribution in [3.05, 3.63) is 35.8 Å². The second-order valence-corrected chi connectivity index (χ2v) is 4.08. The van der Waals surface area contributed by atoms with Gasteiger partial charge in [-0.05, 0) is 17.3 Å². The van der Waals surface area contributed by atoms with Gasteiger partial charge in [-0.1, -0.05) is 6.07 Å². The van der Waals surface area contributed by atoms with E-state index < -0.39 is 29.3 Å². The second kappa shape index (κ2) is 6.65. The van der Waals surface area contributed by atoms with Crippen LogP contribution in [0.3, 0.4) is 0 Å². The molecule has 0 radical (unpaired) electrons. The summed E-state index contributed by atoms with van der Waals surface area (Å²) in [5.41, 5.74) is -1.17. The highest BCUT2D eigenvalue weighted by Gasteiger charge is 2.33. The molecule has 2 rings (SSSR count). The van der Waals surface area contributed by atoms with Crippen LogP contribution in [0.15, 0.2) is 24.4 Å². The lowest BCUT2D eigenvalue weighted by Crippen LogP contribution is -2.18. The average molecular weight is 340 g/mol. The quantitative estimate of drug-likeness (QED) is 0.700. The predicted octanol–water partition coefficient (Wildman–Crippen LogP) is 1.77. The molecule has 24 heavy (non-hydrogen) atoms. The maximum atomic E-state index is 12.4. The molecule has 0 aliphatic rings. The number of aromatic amines is 1. The summed E-state index contributed by atoms with van der Waals surface area (Å²) in [6.45, 7) is 0. The Morgan fingerprint density at radius 2 is 2.21 bits per heavy atom. The molecule has 0 aliphatic carbocycles. The number of allylic oxidation sites excluding steroid dienone is 1. The molecule has 0 saturated carbocycles. The van der Waals surface area contributed by atoms with Crippen LogP contribution in [0, 0.1) is 11.3 Å². The van der Waals surface area contributed by atoms with Crippen molar-refractivity contribution in [1.82, 2.24) is 20.6 Å². The van der Waals surface area contributed by atoms with E-state index in [-0.39, 0.29) is 11.4 Å². The van der Waals surface area contributed by atoms with Crippen molar-refractivity contribution in [3.63, 3.8) is 0 Å². The molecule has 0 aliphatic heterocycles. The second-order valence-electron chi connectivity index (χ2n) is 4.08. The summed E-state index contributed by atoms with van der Waals surface area (Å²) in [5, 5.41) is 32.8. The van der Waals surface area contributed by atoms with Crippen molar-refractivity contribution < 1.29 is 27.8 Å². The number of halogens is 3. The molecule has 1 aromatic heterocycles. The average Bonchev–Trinajstić information content (AvgIpc) is 3.01. The van der Waals surface area contributed by atoms with E-state index in [2.05, 4.69) is 30.7 Å². The molecule has 1 aromatic carbocycles. The minimum absolute atomic E-state index is 0.129. The number of para-hydroxylation sites is 1. The molecule has 0 atom stereocenters. The number of nitrogens with one attached hydrogen (secondary N) is 2. The number of benzene rings is 1. The lowest BCUT2D eigenvalue weighted by atomic mass is 10.1. The summed E-state index contributed by atoms with van der Waals surface area (Å²) >= 11 is 0. The van der Waals surface area contributed by atoms with Crippen LogP contribution >= 0.6 is 0 Å². The fraction of sp³-hybridized carbons (Fsp3) is 0.0833. The maximum Gasteiger partial charge on any atom is 0.573 e. The molecule has 0 spiro atoms. The van der Waals surface area contributed by atoms with E-state index in [1.54, 1.807) is 6.07 Å². The van der Waals surface area contributed by atoms with Gasteiger partial charge < -0.3 is 15.2 Å². The van der Waals surface area contributed by atoms with Crippen LogP contribution in [0.25, 0.3) is 5.57 Å². The fourth-order valence-electron chi connectivity index (χ4n) is 1.64. The van der Waals surface area contributed by atoms with E-state index in [1.807, 2.05) is 0 Å². The Bertz CT molecular complexity index is 810. The van der Waals surface area contributed by atoms with Gasteiger partial charge in [-0.3, -0.25) is 0 Å². The molecule has 0 bridgehead atoms. The normalized spacial score (nSPS) is 11.7. The van der Waals surface area contributed by atoms with Crippen LogP contribution in [0.5, 0.6) is 5.75 Å². The van der Waals surface area contributed by atoms with Crippen LogP contribution in [0.1, 0.15) is 16.2 Å². The number of nitriles is 1. The van der Waals surface area contributed by atoms with E-state index in [4.69, 9.17) is 10.4 Å². The molecule has 9 nitrogen and oxygen atoms in total. The van der Waals surface area contributed by atoms with E-state index in [9.17, 15) is 18.0 Å². The molecule has 1 heterocycles. The third kappa shape index (κ3) is 3.97. The third-order valence-electron chi connectivity index (χ3n) is 2.55. The Morgan fingerprint density at radius 3 is 2.75 bits per heavy atom. The van der Waals surface area contributed by atoms with Gasteiger partial charge in [0.2, 0.25) is 5.82 Å². The summed E-state index contributed by atoms with van der Waals surface area (Å²) in [7, 11) is 0. The standard InChI is InChI=1S/C12H7F3N6O3/c13-12(14,15)24-8-3-1-2-7(11(22)23)9(8)17-5-6(4-16)10-18-20-21-19-10/h1-3,5,17H,(H,22,23)(H,18,19,20,21). The Kier molecular flexibility index (Phi) is 4.64. The number of carbonyl (C=O) groups is 1. The highest BCUT2D eigenvalue weighted by molar-refractivity contribution is 5.96. The lowest BCUT2D eigenvalue weighted by molar-refractivity contribution is -0.274. The molecule has 0 fully saturated rings. The van der Waals surface area contributed by atoms with Gasteiger partial charge in [-0.15, -0.1) is 23.4 Å². The molecule has 0 amide bonds. The molecule has 124 valence electrons. The number of carboxylic acids is 1. The molecule has 0 saturated heterocycles. The zero-order valence-electron chi connectivity index (χ0n) is 11.5. The van der Waals surface area contributed by atoms with Gasteiger partial charge in [0.05, 0.1) is 11.3 Å². The largest absolute Gasteiger partial charge is 0.573 e. The summed E-state index contributed by atoms with van der Waals surface area (Å²) in [6, 6.07) is 4.78. The highest BCUT2D eigenvalue weighted by atomic mass is 19.4. The fourth-order valence-corrected chi connectivity index (χ4v) is 1.64. The molecule has 3 N–H and O–H groups in total. The number of ether oxygens (including phenoxy) is 1. The zero-order valence-corrected chi connectivity index (χ0v) is 11.5. The van der Waals surface area contributed by atoms with Gasteiger partial charge in [0.1, 0.15) is 11.6 Å². The number of anilines is 1. The summed E-state index contributed by atoms with van der Waals surface area (Å²) in [5.74, 6) is -2.39. The Balaban J connectivity index is 2.44. The van der Waals surface area contributed by atoms with E-state index >= 15 is 0 Å². The third-order valence-corrected chi connectivity index (χ3v) is 2.55. The van der Waals surface area contributed by atoms with Gasteiger partial charge in [0.15, 0.2) is 5.75 Å². The Morgan fingerprint density at radius 1 is 1.46 bits per heavy atom. The number of aromatic nitrogens is 4. The molecule has 2 aromatic rings. The van der Waals surface area contributed by atoms with Gasteiger partial charge in [-0.2, -0.15) is 10.5 Å². The SMILES string of the molecule is N#CC(=CNc1c(OC(F)(F)F)cccc1C(=O)O)c1nn[nH]n1. The number of nitrogens with zero attached hydrogens (tertiary/aromatic N) is 4. The summed E-state index contributed by atoms with van der Waals surface area (Å²) in [6.07, 6.45) is -4.08. The number of hydrogen-bond donors (Lipinski definition) is 3. The highest BCUT2D eigenvalue weighted by Crippen LogP contribution is 2.33. The van der Waals surface area contributed by atoms with Crippen LogP contribution in [-0.2, 0) is 0 Å². The minimum atomic E-state index is -5.02. The smallest absolute Gasteiger partial charge is 0.478 e. The van der Waals surface area contributed by atoms with E-state index in [0.717, 1.165) is 24.4 Å². The van der Waals surface area contributed by atoms with Crippen molar-refractivity contribution in [2.75, 3.05) is 5.32 Å². The van der Waals surface area contributed by atoms with Crippen LogP contribution < -0.4 is 10.1 Å². The zero-order chi connectivity index (χ0) is 17.7. The Hall–Kier alpha value is -3.62. The number of tetrazole rings is 1. The Labute approximate surface area is 131 Å². The van der Waals surface area contributed by atoms with Crippen molar-refractivity contribution in [1.29, 1.82) is 5.26 Å². The summed E-state index contributed by atoms with van der Waals surface area (Å²) < 4.78 is 41.1. The minimum Gasteiger partial charge on any atom is -0.478 e. The van der Waals surface area contributed by atoms with Gasteiger partial charge >= 0.3 is 12.3 Å². The lowest BCUT2D eigenvalue weighted by Gasteiger charge is -2.15. The number of rotatable bonds is 5. The number of carboxylic acid groups (broad SMARTS) is 1. The molecular formula is C12H7F3N6O3. The van der Waals surface area contributed by atoms with Crippen molar-refractivity contribution in [2.24, 2.45) is 0 Å². The first-order valence-electron chi connectivity index (χ1n) is 6.04. The topological polar surface area (TPSA) is 137 Å². The predicted molar refractivity (Wildman–Crippen MR) is 71.5 cm³/mol. The van der Waals surface area contributed by atoms with Crippen molar-refractivity contribution in [3.8, 4) is 11.8 Å². The van der Waals surface area contributed by atoms with Gasteiger partial charge in [-0.25, -0.2) is 4.79 Å². The first kappa shape index (κ1) is 16.7. The monoisotopic (exact) mass is 340 g/mol. The van der Waals surface area contributed by atoms with E-state index in [1.165, 1.54) is 0 Å². The number of H-pyrrole nitrogens is 1. The number of aromatic carboxylic acids is 1. The first-order chi connectivity index (χ1) is 11.3. The van der Waals surface area contributed by atoms with Gasteiger partial charge in [0.25, 0.3) is 0 Å². The van der Waals surface area contributed by atoms with Crippen LogP contribution in [0.2, 0.25) is 0 Å². The van der Waals surface area contributed by atoms with Crippen LogP contribution in [-0.4, -0.2) is 38.1 Å². The number of alkyl halides is 3. The first-order valence-corrected chi connectivity index (χ1v) is 6.04. The van der Waals surface area contributed by atoms with Crippen LogP contribution in [0.4, 0.5) is 18.9 Å². The molecule has 12 heteroatoms. The maximum absolute atomic E-state index is 12.4.